The number of anilines is 3. The van der Waals surface area contributed by atoms with Gasteiger partial charge in [-0.1, -0.05) is 30.1 Å². The Labute approximate surface area is 205 Å². The van der Waals surface area contributed by atoms with Gasteiger partial charge in [-0.2, -0.15) is 4.98 Å². The molecular weight excluding hydrogens is 484 g/mol. The van der Waals surface area contributed by atoms with Gasteiger partial charge in [-0.15, -0.1) is 0 Å². The second kappa shape index (κ2) is 9.52. The van der Waals surface area contributed by atoms with E-state index in [1.807, 2.05) is 11.5 Å². The van der Waals surface area contributed by atoms with Gasteiger partial charge in [-0.25, -0.2) is 14.4 Å². The van der Waals surface area contributed by atoms with E-state index < -0.39 is 11.2 Å². The zero-order chi connectivity index (χ0) is 24.6. The van der Waals surface area contributed by atoms with Gasteiger partial charge < -0.3 is 21.5 Å². The lowest BCUT2D eigenvalue weighted by Crippen LogP contribution is -2.38. The monoisotopic (exact) mass is 509 g/mol. The fourth-order valence-electron chi connectivity index (χ4n) is 4.18. The number of hydrogen-bond donors (Lipinski definition) is 4. The summed E-state index contributed by atoms with van der Waals surface area (Å²) < 4.78 is 16.6. The van der Waals surface area contributed by atoms with Crippen LogP contribution in [0.5, 0.6) is 0 Å². The molecule has 2 aromatic heterocycles. The molecule has 1 aliphatic rings. The average molecular weight is 510 g/mol. The maximum absolute atomic E-state index is 14.7. The SMILES string of the molecule is CC(CO)Nc1ncc2nc(Nc3c(F)cc(Cl)cc3Cl)n(C3CCC(C)(C(N)=O)CC3)c2n1. The van der Waals surface area contributed by atoms with Gasteiger partial charge in [0.05, 0.1) is 23.5 Å². The van der Waals surface area contributed by atoms with Gasteiger partial charge >= 0.3 is 0 Å². The van der Waals surface area contributed by atoms with Crippen LogP contribution in [-0.4, -0.2) is 43.2 Å². The minimum Gasteiger partial charge on any atom is -0.394 e. The predicted molar refractivity (Wildman–Crippen MR) is 130 cm³/mol. The fraction of sp³-hybridized carbons (Fsp3) is 0.455. The van der Waals surface area contributed by atoms with E-state index in [9.17, 15) is 14.3 Å². The smallest absolute Gasteiger partial charge is 0.225 e. The number of aliphatic hydroxyl groups excluding tert-OH is 1. The maximum atomic E-state index is 14.7. The minimum absolute atomic E-state index is 0.0422. The molecule has 1 fully saturated rings. The number of aliphatic hydroxyl groups is 1. The lowest BCUT2D eigenvalue weighted by atomic mass is 9.73. The van der Waals surface area contributed by atoms with Gasteiger partial charge in [0, 0.05) is 22.5 Å². The van der Waals surface area contributed by atoms with E-state index in [0.717, 1.165) is 0 Å². The number of nitrogens with zero attached hydrogens (tertiary/aromatic N) is 4. The molecule has 0 spiro atoms. The topological polar surface area (TPSA) is 131 Å². The van der Waals surface area contributed by atoms with Gasteiger partial charge in [0.25, 0.3) is 0 Å². The van der Waals surface area contributed by atoms with Gasteiger partial charge in [-0.3, -0.25) is 9.36 Å². The second-order valence-corrected chi connectivity index (χ2v) is 9.80. The number of fused-ring (bicyclic) bond motifs is 1. The van der Waals surface area contributed by atoms with Crippen molar-refractivity contribution in [2.45, 2.75) is 51.6 Å². The molecule has 0 radical (unpaired) electrons. The molecule has 2 heterocycles. The number of nitrogens with one attached hydrogen (secondary N) is 2. The molecule has 1 saturated carbocycles. The Kier molecular flexibility index (Phi) is 6.84. The Morgan fingerprint density at radius 1 is 1.35 bits per heavy atom. The van der Waals surface area contributed by atoms with Crippen molar-refractivity contribution in [3.05, 3.63) is 34.2 Å². The number of nitrogens with two attached hydrogens (primary N) is 1. The molecule has 3 aromatic rings. The van der Waals surface area contributed by atoms with Crippen LogP contribution in [0.15, 0.2) is 18.3 Å². The molecule has 0 bridgehead atoms. The third-order valence-electron chi connectivity index (χ3n) is 6.34. The van der Waals surface area contributed by atoms with Crippen LogP contribution in [0.1, 0.15) is 45.6 Å². The van der Waals surface area contributed by atoms with Crippen molar-refractivity contribution in [3.8, 4) is 0 Å². The molecule has 182 valence electrons. The summed E-state index contributed by atoms with van der Waals surface area (Å²) in [6.45, 7) is 3.59. The number of benzene rings is 1. The van der Waals surface area contributed by atoms with E-state index in [2.05, 4.69) is 25.6 Å². The standard InChI is InChI=1S/C22H26Cl2FN7O2/c1-11(10-33)28-20-27-9-16-18(31-20)32(13-3-5-22(2,6-4-13)19(26)34)21(29-16)30-17-14(24)7-12(23)8-15(17)25/h7-9,11,13,33H,3-6,10H2,1-2H3,(H2,26,34)(H,29,30)(H,27,28,31). The second-order valence-electron chi connectivity index (χ2n) is 8.96. The summed E-state index contributed by atoms with van der Waals surface area (Å²) in [6.07, 6.45) is 4.05. The van der Waals surface area contributed by atoms with Crippen molar-refractivity contribution >= 4 is 57.9 Å². The lowest BCUT2D eigenvalue weighted by molar-refractivity contribution is -0.128. The molecule has 5 N–H and O–H groups in total. The van der Waals surface area contributed by atoms with E-state index in [4.69, 9.17) is 28.9 Å². The highest BCUT2D eigenvalue weighted by Gasteiger charge is 2.37. The summed E-state index contributed by atoms with van der Waals surface area (Å²) in [6, 6.07) is 2.28. The Balaban J connectivity index is 1.78. The number of imidazole rings is 1. The van der Waals surface area contributed by atoms with E-state index in [0.29, 0.717) is 48.7 Å². The molecule has 1 unspecified atom stereocenters. The maximum Gasteiger partial charge on any atom is 0.225 e. The molecule has 1 aliphatic carbocycles. The van der Waals surface area contributed by atoms with Gasteiger partial charge in [0.1, 0.15) is 11.3 Å². The minimum atomic E-state index is -0.619. The van der Waals surface area contributed by atoms with Crippen molar-refractivity contribution in [2.75, 3.05) is 17.2 Å². The largest absolute Gasteiger partial charge is 0.394 e. The van der Waals surface area contributed by atoms with Gasteiger partial charge in [-0.05, 0) is 44.7 Å². The quantitative estimate of drug-likeness (QED) is 0.370. The van der Waals surface area contributed by atoms with Crippen LogP contribution >= 0.6 is 23.2 Å². The van der Waals surface area contributed by atoms with Gasteiger partial charge in [0.15, 0.2) is 5.65 Å². The Bertz CT molecular complexity index is 1200. The van der Waals surface area contributed by atoms with Crippen LogP contribution < -0.4 is 16.4 Å². The third kappa shape index (κ3) is 4.75. The van der Waals surface area contributed by atoms with Crippen molar-refractivity contribution in [3.63, 3.8) is 0 Å². The third-order valence-corrected chi connectivity index (χ3v) is 6.86. The number of primary amides is 1. The Morgan fingerprint density at radius 3 is 2.68 bits per heavy atom. The summed E-state index contributed by atoms with van der Waals surface area (Å²) in [7, 11) is 0. The van der Waals surface area contributed by atoms with Crippen molar-refractivity contribution < 1.29 is 14.3 Å². The van der Waals surface area contributed by atoms with E-state index in [-0.39, 0.29) is 40.3 Å². The first-order valence-electron chi connectivity index (χ1n) is 10.9. The summed E-state index contributed by atoms with van der Waals surface area (Å²) in [5.41, 5.74) is 6.12. The van der Waals surface area contributed by atoms with Crippen molar-refractivity contribution in [1.82, 2.24) is 19.5 Å². The molecule has 12 heteroatoms. The van der Waals surface area contributed by atoms with Crippen LogP contribution in [0.3, 0.4) is 0 Å². The number of carbonyl (C=O) groups is 1. The van der Waals surface area contributed by atoms with Crippen molar-refractivity contribution in [1.29, 1.82) is 0 Å². The normalized spacial score (nSPS) is 21.4. The summed E-state index contributed by atoms with van der Waals surface area (Å²) in [4.78, 5) is 25.4. The summed E-state index contributed by atoms with van der Waals surface area (Å²) >= 11 is 12.2. The van der Waals surface area contributed by atoms with Crippen LogP contribution in [0.25, 0.3) is 11.2 Å². The zero-order valence-electron chi connectivity index (χ0n) is 18.8. The van der Waals surface area contributed by atoms with E-state index in [1.54, 1.807) is 13.1 Å². The average Bonchev–Trinajstić information content (AvgIpc) is 3.14. The van der Waals surface area contributed by atoms with E-state index >= 15 is 0 Å². The molecule has 1 atom stereocenters. The Morgan fingerprint density at radius 2 is 2.06 bits per heavy atom. The first-order chi connectivity index (χ1) is 16.1. The van der Waals surface area contributed by atoms with Crippen LogP contribution in [0.2, 0.25) is 10.0 Å². The number of carbonyl (C=O) groups excluding carboxylic acids is 1. The molecule has 0 aliphatic heterocycles. The summed E-state index contributed by atoms with van der Waals surface area (Å²) in [5, 5.41) is 15.7. The van der Waals surface area contributed by atoms with Crippen LogP contribution in [-0.2, 0) is 4.79 Å². The highest BCUT2D eigenvalue weighted by molar-refractivity contribution is 6.36. The first-order valence-corrected chi connectivity index (χ1v) is 11.7. The fourth-order valence-corrected chi connectivity index (χ4v) is 4.69. The predicted octanol–water partition coefficient (Wildman–Crippen LogP) is 4.42. The number of rotatable bonds is 7. The van der Waals surface area contributed by atoms with Crippen LogP contribution in [0, 0.1) is 11.2 Å². The Hall–Kier alpha value is -2.69. The molecule has 1 aromatic carbocycles. The van der Waals surface area contributed by atoms with Crippen molar-refractivity contribution in [2.24, 2.45) is 11.1 Å². The van der Waals surface area contributed by atoms with E-state index in [1.165, 1.54) is 12.1 Å². The van der Waals surface area contributed by atoms with Crippen LogP contribution in [0.4, 0.5) is 22.0 Å². The molecule has 1 amide bonds. The molecule has 4 rings (SSSR count). The molecule has 9 nitrogen and oxygen atoms in total. The highest BCUT2D eigenvalue weighted by Crippen LogP contribution is 2.43. The summed E-state index contributed by atoms with van der Waals surface area (Å²) in [5.74, 6) is -0.268. The number of halogens is 3. The lowest BCUT2D eigenvalue weighted by Gasteiger charge is -2.35. The number of amides is 1. The first kappa shape index (κ1) is 24.4. The number of aromatic nitrogens is 4. The zero-order valence-corrected chi connectivity index (χ0v) is 20.3. The van der Waals surface area contributed by atoms with Gasteiger partial charge in [0.2, 0.25) is 17.8 Å². The molecule has 34 heavy (non-hydrogen) atoms. The molecule has 0 saturated heterocycles. The molecular formula is C22H26Cl2FN7O2. The number of hydrogen-bond acceptors (Lipinski definition) is 7. The highest BCUT2D eigenvalue weighted by atomic mass is 35.5.